The van der Waals surface area contributed by atoms with Crippen molar-refractivity contribution in [3.8, 4) is 5.75 Å². The number of carboxylic acids is 1. The van der Waals surface area contributed by atoms with Crippen LogP contribution in [0.25, 0.3) is 10.9 Å². The molecule has 1 aromatic carbocycles. The molecule has 2 heterocycles. The fraction of sp³-hybridized carbons (Fsp3) is 0.222. The van der Waals surface area contributed by atoms with E-state index in [9.17, 15) is 9.90 Å². The Bertz CT molecular complexity index is 897. The van der Waals surface area contributed by atoms with Crippen molar-refractivity contribution >= 4 is 16.9 Å². The number of benzene rings is 1. The Morgan fingerprint density at radius 3 is 2.70 bits per heavy atom. The van der Waals surface area contributed by atoms with Crippen LogP contribution in [0, 0.1) is 13.8 Å². The van der Waals surface area contributed by atoms with E-state index >= 15 is 0 Å². The molecular weight excluding hydrogens is 292 g/mol. The number of hydrogen-bond acceptors (Lipinski definition) is 3. The lowest BCUT2D eigenvalue weighted by Gasteiger charge is -2.11. The Labute approximate surface area is 134 Å². The van der Waals surface area contributed by atoms with Gasteiger partial charge in [0.2, 0.25) is 0 Å². The summed E-state index contributed by atoms with van der Waals surface area (Å²) in [4.78, 5) is 16.2. The number of rotatable bonds is 4. The fourth-order valence-electron chi connectivity index (χ4n) is 2.90. The predicted octanol–water partition coefficient (Wildman–Crippen LogP) is 3.41. The molecule has 0 aliphatic rings. The van der Waals surface area contributed by atoms with E-state index in [0.29, 0.717) is 12.3 Å². The molecule has 23 heavy (non-hydrogen) atoms. The normalized spacial score (nSPS) is 10.9. The molecule has 5 heteroatoms. The van der Waals surface area contributed by atoms with Crippen LogP contribution in [0.5, 0.6) is 5.75 Å². The number of carboxylic acid groups (broad SMARTS) is 1. The van der Waals surface area contributed by atoms with Gasteiger partial charge in [-0.15, -0.1) is 0 Å². The Balaban J connectivity index is 2.25. The van der Waals surface area contributed by atoms with Crippen LogP contribution >= 0.6 is 0 Å². The molecule has 0 atom stereocenters. The molecule has 1 N–H and O–H groups in total. The number of pyridine rings is 1. The predicted molar refractivity (Wildman–Crippen MR) is 88.3 cm³/mol. The first-order valence-electron chi connectivity index (χ1n) is 7.34. The average Bonchev–Trinajstić information content (AvgIpc) is 2.88. The summed E-state index contributed by atoms with van der Waals surface area (Å²) in [6.45, 7) is 4.29. The SMILES string of the molecule is COc1ccc(C)c2c1cc(C(=O)O)n2Cc1cccc(C)n1. The first kappa shape index (κ1) is 15.1. The number of ether oxygens (including phenoxy) is 1. The van der Waals surface area contributed by atoms with Crippen molar-refractivity contribution in [1.82, 2.24) is 9.55 Å². The molecule has 0 fully saturated rings. The quantitative estimate of drug-likeness (QED) is 0.802. The highest BCUT2D eigenvalue weighted by Crippen LogP contribution is 2.32. The maximum Gasteiger partial charge on any atom is 0.352 e. The molecule has 0 radical (unpaired) electrons. The summed E-state index contributed by atoms with van der Waals surface area (Å²) in [5, 5.41) is 10.4. The second-order valence-corrected chi connectivity index (χ2v) is 5.54. The number of aromatic nitrogens is 2. The van der Waals surface area contributed by atoms with Crippen molar-refractivity contribution < 1.29 is 14.6 Å². The summed E-state index contributed by atoms with van der Waals surface area (Å²) in [6, 6.07) is 11.2. The van der Waals surface area contributed by atoms with Gasteiger partial charge >= 0.3 is 5.97 Å². The molecule has 118 valence electrons. The van der Waals surface area contributed by atoms with Crippen LogP contribution in [0.4, 0.5) is 0 Å². The maximum atomic E-state index is 11.7. The van der Waals surface area contributed by atoms with Gasteiger partial charge in [-0.2, -0.15) is 0 Å². The molecular formula is C18H18N2O3. The minimum Gasteiger partial charge on any atom is -0.496 e. The number of carbonyl (C=O) groups is 1. The summed E-state index contributed by atoms with van der Waals surface area (Å²) >= 11 is 0. The van der Waals surface area contributed by atoms with Gasteiger partial charge in [-0.3, -0.25) is 4.98 Å². The summed E-state index contributed by atoms with van der Waals surface area (Å²) in [5.41, 5.74) is 3.83. The molecule has 0 aliphatic heterocycles. The van der Waals surface area contributed by atoms with Crippen LogP contribution in [0.1, 0.15) is 27.4 Å². The molecule has 0 saturated carbocycles. The minimum atomic E-state index is -0.963. The summed E-state index contributed by atoms with van der Waals surface area (Å²) in [6.07, 6.45) is 0. The van der Waals surface area contributed by atoms with Gasteiger partial charge < -0.3 is 14.4 Å². The zero-order valence-corrected chi connectivity index (χ0v) is 13.3. The van der Waals surface area contributed by atoms with Gasteiger partial charge in [0, 0.05) is 11.1 Å². The highest BCUT2D eigenvalue weighted by atomic mass is 16.5. The zero-order valence-electron chi connectivity index (χ0n) is 13.3. The summed E-state index contributed by atoms with van der Waals surface area (Å²) in [7, 11) is 1.59. The van der Waals surface area contributed by atoms with Gasteiger partial charge in [0.1, 0.15) is 11.4 Å². The molecule has 3 rings (SSSR count). The first-order valence-corrected chi connectivity index (χ1v) is 7.34. The molecule has 0 bridgehead atoms. The standard InChI is InChI=1S/C18H18N2O3/c1-11-7-8-16(23-3)14-9-15(18(21)22)20(17(11)14)10-13-6-4-5-12(2)19-13/h4-9H,10H2,1-3H3,(H,21,22). The van der Waals surface area contributed by atoms with Crippen LogP contribution in [-0.4, -0.2) is 27.7 Å². The third kappa shape index (κ3) is 2.65. The van der Waals surface area contributed by atoms with Crippen molar-refractivity contribution in [2.24, 2.45) is 0 Å². The van der Waals surface area contributed by atoms with E-state index in [1.165, 1.54) is 0 Å². The molecule has 0 spiro atoms. The van der Waals surface area contributed by atoms with E-state index in [0.717, 1.165) is 27.9 Å². The largest absolute Gasteiger partial charge is 0.496 e. The number of aromatic carboxylic acids is 1. The van der Waals surface area contributed by atoms with Crippen LogP contribution in [0.15, 0.2) is 36.4 Å². The monoisotopic (exact) mass is 310 g/mol. The Morgan fingerprint density at radius 2 is 2.04 bits per heavy atom. The lowest BCUT2D eigenvalue weighted by molar-refractivity contribution is 0.0686. The van der Waals surface area contributed by atoms with Crippen LogP contribution in [0.3, 0.4) is 0 Å². The van der Waals surface area contributed by atoms with Crippen molar-refractivity contribution in [3.63, 3.8) is 0 Å². The minimum absolute atomic E-state index is 0.232. The first-order chi connectivity index (χ1) is 11.0. The molecule has 3 aromatic rings. The second kappa shape index (κ2) is 5.76. The van der Waals surface area contributed by atoms with Gasteiger partial charge in [0.05, 0.1) is 24.9 Å². The molecule has 2 aromatic heterocycles. The van der Waals surface area contributed by atoms with E-state index in [1.807, 2.05) is 44.2 Å². The molecule has 0 aliphatic carbocycles. The number of aryl methyl sites for hydroxylation is 2. The summed E-state index contributed by atoms with van der Waals surface area (Å²) in [5.74, 6) is -0.292. The van der Waals surface area contributed by atoms with E-state index in [1.54, 1.807) is 17.7 Å². The van der Waals surface area contributed by atoms with Crippen LogP contribution in [0.2, 0.25) is 0 Å². The van der Waals surface area contributed by atoms with Gasteiger partial charge in [0.25, 0.3) is 0 Å². The molecule has 0 saturated heterocycles. The van der Waals surface area contributed by atoms with E-state index in [-0.39, 0.29) is 5.69 Å². The Hall–Kier alpha value is -2.82. The number of hydrogen-bond donors (Lipinski definition) is 1. The smallest absolute Gasteiger partial charge is 0.352 e. The Kier molecular flexibility index (Phi) is 3.78. The second-order valence-electron chi connectivity index (χ2n) is 5.54. The van der Waals surface area contributed by atoms with E-state index in [2.05, 4.69) is 4.98 Å². The van der Waals surface area contributed by atoms with E-state index in [4.69, 9.17) is 4.74 Å². The number of fused-ring (bicyclic) bond motifs is 1. The van der Waals surface area contributed by atoms with Crippen LogP contribution < -0.4 is 4.74 Å². The van der Waals surface area contributed by atoms with Crippen molar-refractivity contribution in [1.29, 1.82) is 0 Å². The van der Waals surface area contributed by atoms with Gasteiger partial charge in [-0.25, -0.2) is 4.79 Å². The number of nitrogens with zero attached hydrogens (tertiary/aromatic N) is 2. The molecule has 5 nitrogen and oxygen atoms in total. The van der Waals surface area contributed by atoms with Crippen molar-refractivity contribution in [2.75, 3.05) is 7.11 Å². The maximum absolute atomic E-state index is 11.7. The lowest BCUT2D eigenvalue weighted by Crippen LogP contribution is -2.11. The topological polar surface area (TPSA) is 64.3 Å². The Morgan fingerprint density at radius 1 is 1.26 bits per heavy atom. The zero-order chi connectivity index (χ0) is 16.6. The third-order valence-electron chi connectivity index (χ3n) is 3.93. The lowest BCUT2D eigenvalue weighted by atomic mass is 10.1. The highest BCUT2D eigenvalue weighted by Gasteiger charge is 2.19. The molecule has 0 unspecified atom stereocenters. The third-order valence-corrected chi connectivity index (χ3v) is 3.93. The highest BCUT2D eigenvalue weighted by molar-refractivity contribution is 5.98. The van der Waals surface area contributed by atoms with Gasteiger partial charge in [-0.1, -0.05) is 12.1 Å². The number of methoxy groups -OCH3 is 1. The molecule has 0 amide bonds. The summed E-state index contributed by atoms with van der Waals surface area (Å²) < 4.78 is 7.17. The van der Waals surface area contributed by atoms with Crippen molar-refractivity contribution in [3.05, 3.63) is 59.0 Å². The van der Waals surface area contributed by atoms with Gasteiger partial charge in [0.15, 0.2) is 0 Å². The van der Waals surface area contributed by atoms with Crippen LogP contribution in [-0.2, 0) is 6.54 Å². The van der Waals surface area contributed by atoms with E-state index < -0.39 is 5.97 Å². The van der Waals surface area contributed by atoms with Crippen molar-refractivity contribution in [2.45, 2.75) is 20.4 Å². The average molecular weight is 310 g/mol. The van der Waals surface area contributed by atoms with Gasteiger partial charge in [-0.05, 0) is 43.7 Å². The fourth-order valence-corrected chi connectivity index (χ4v) is 2.90.